The molecule has 2 heterocycles. The average molecular weight is 248 g/mol. The van der Waals surface area contributed by atoms with Crippen LogP contribution in [0.2, 0.25) is 0 Å². The lowest BCUT2D eigenvalue weighted by molar-refractivity contribution is -0.384. The number of nitrogens with zero attached hydrogens (tertiary/aromatic N) is 2. The fourth-order valence-corrected chi connectivity index (χ4v) is 1.45. The first-order valence-corrected chi connectivity index (χ1v) is 5.29. The maximum absolute atomic E-state index is 10.9. The van der Waals surface area contributed by atoms with Crippen LogP contribution in [0.1, 0.15) is 5.56 Å². The van der Waals surface area contributed by atoms with Gasteiger partial charge >= 0.3 is 5.69 Å². The number of anilines is 2. The largest absolute Gasteiger partial charge is 0.472 e. The summed E-state index contributed by atoms with van der Waals surface area (Å²) in [7, 11) is 1.70. The summed E-state index contributed by atoms with van der Waals surface area (Å²) in [5.74, 6) is 0.795. The van der Waals surface area contributed by atoms with Crippen molar-refractivity contribution >= 4 is 17.3 Å². The zero-order valence-electron chi connectivity index (χ0n) is 9.71. The van der Waals surface area contributed by atoms with E-state index >= 15 is 0 Å². The van der Waals surface area contributed by atoms with E-state index in [0.29, 0.717) is 12.4 Å². The van der Waals surface area contributed by atoms with E-state index in [4.69, 9.17) is 4.42 Å². The molecule has 0 fully saturated rings. The fraction of sp³-hybridized carbons (Fsp3) is 0.182. The van der Waals surface area contributed by atoms with Crippen molar-refractivity contribution in [2.45, 2.75) is 6.54 Å². The summed E-state index contributed by atoms with van der Waals surface area (Å²) < 4.78 is 4.92. The van der Waals surface area contributed by atoms with Gasteiger partial charge in [-0.1, -0.05) is 0 Å². The number of hydrogen-bond acceptors (Lipinski definition) is 6. The van der Waals surface area contributed by atoms with Crippen LogP contribution in [0.15, 0.2) is 35.1 Å². The topological polar surface area (TPSA) is 93.2 Å². The zero-order chi connectivity index (χ0) is 13.0. The van der Waals surface area contributed by atoms with Gasteiger partial charge in [0.1, 0.15) is 5.82 Å². The molecule has 0 aromatic carbocycles. The van der Waals surface area contributed by atoms with Crippen LogP contribution in [0.3, 0.4) is 0 Å². The van der Waals surface area contributed by atoms with E-state index in [1.165, 1.54) is 6.07 Å². The summed E-state index contributed by atoms with van der Waals surface area (Å²) in [6.45, 7) is 0.414. The highest BCUT2D eigenvalue weighted by molar-refractivity contribution is 5.60. The molecule has 0 radical (unpaired) electrons. The van der Waals surface area contributed by atoms with E-state index in [0.717, 1.165) is 5.56 Å². The van der Waals surface area contributed by atoms with Gasteiger partial charge in [0, 0.05) is 25.2 Å². The average Bonchev–Trinajstić information content (AvgIpc) is 2.88. The number of pyridine rings is 1. The Hall–Kier alpha value is -2.57. The molecule has 2 aromatic heterocycles. The third kappa shape index (κ3) is 2.57. The van der Waals surface area contributed by atoms with Crippen molar-refractivity contribution in [2.75, 3.05) is 17.7 Å². The summed E-state index contributed by atoms with van der Waals surface area (Å²) in [6.07, 6.45) is 3.11. The van der Waals surface area contributed by atoms with Crippen molar-refractivity contribution in [2.24, 2.45) is 0 Å². The van der Waals surface area contributed by atoms with Gasteiger partial charge in [-0.2, -0.15) is 0 Å². The minimum Gasteiger partial charge on any atom is -0.472 e. The second kappa shape index (κ2) is 5.17. The molecule has 0 aliphatic carbocycles. The molecule has 0 spiro atoms. The van der Waals surface area contributed by atoms with Crippen LogP contribution in [-0.2, 0) is 6.54 Å². The lowest BCUT2D eigenvalue weighted by atomic mass is 10.3. The van der Waals surface area contributed by atoms with Crippen molar-refractivity contribution in [1.29, 1.82) is 0 Å². The third-order valence-corrected chi connectivity index (χ3v) is 2.37. The Kier molecular flexibility index (Phi) is 3.42. The van der Waals surface area contributed by atoms with Crippen LogP contribution in [0, 0.1) is 10.1 Å². The molecule has 0 saturated carbocycles. The molecule has 2 rings (SSSR count). The van der Waals surface area contributed by atoms with Crippen LogP contribution in [-0.4, -0.2) is 17.0 Å². The van der Waals surface area contributed by atoms with Gasteiger partial charge in [-0.15, -0.1) is 0 Å². The van der Waals surface area contributed by atoms with Gasteiger partial charge in [0.2, 0.25) is 5.82 Å². The van der Waals surface area contributed by atoms with Gasteiger partial charge in [-0.05, 0) is 12.1 Å². The molecule has 94 valence electrons. The molecule has 0 amide bonds. The highest BCUT2D eigenvalue weighted by Crippen LogP contribution is 2.24. The number of rotatable bonds is 5. The Balaban J connectivity index is 2.20. The Morgan fingerprint density at radius 2 is 2.28 bits per heavy atom. The number of aromatic nitrogens is 1. The molecule has 0 aliphatic heterocycles. The van der Waals surface area contributed by atoms with Gasteiger partial charge in [-0.25, -0.2) is 4.98 Å². The van der Waals surface area contributed by atoms with E-state index in [9.17, 15) is 10.1 Å². The van der Waals surface area contributed by atoms with Crippen molar-refractivity contribution < 1.29 is 9.34 Å². The molecule has 18 heavy (non-hydrogen) atoms. The lowest BCUT2D eigenvalue weighted by Gasteiger charge is -2.06. The minimum atomic E-state index is -0.468. The second-order valence-electron chi connectivity index (χ2n) is 3.56. The second-order valence-corrected chi connectivity index (χ2v) is 3.56. The zero-order valence-corrected chi connectivity index (χ0v) is 9.71. The smallest absolute Gasteiger partial charge is 0.311 e. The Labute approximate surface area is 103 Å². The summed E-state index contributed by atoms with van der Waals surface area (Å²) in [4.78, 5) is 14.5. The SMILES string of the molecule is CNc1ccc([N+](=O)[O-])c(NCc2ccoc2)n1. The normalized spacial score (nSPS) is 10.1. The van der Waals surface area contributed by atoms with Gasteiger partial charge in [0.25, 0.3) is 0 Å². The number of furan rings is 1. The predicted octanol–water partition coefficient (Wildman–Crippen LogP) is 2.24. The molecule has 0 unspecified atom stereocenters. The van der Waals surface area contributed by atoms with E-state index in [-0.39, 0.29) is 11.5 Å². The number of nitro groups is 1. The van der Waals surface area contributed by atoms with Gasteiger partial charge < -0.3 is 15.1 Å². The maximum atomic E-state index is 10.9. The Morgan fingerprint density at radius 1 is 1.44 bits per heavy atom. The third-order valence-electron chi connectivity index (χ3n) is 2.37. The molecule has 2 aromatic rings. The highest BCUT2D eigenvalue weighted by atomic mass is 16.6. The van der Waals surface area contributed by atoms with Crippen LogP contribution < -0.4 is 10.6 Å². The molecule has 0 aliphatic rings. The first-order valence-electron chi connectivity index (χ1n) is 5.29. The number of hydrogen-bond donors (Lipinski definition) is 2. The first kappa shape index (κ1) is 11.9. The maximum Gasteiger partial charge on any atom is 0.311 e. The first-order chi connectivity index (χ1) is 8.70. The molecule has 7 nitrogen and oxygen atoms in total. The molecule has 7 heteroatoms. The minimum absolute atomic E-state index is 0.0579. The highest BCUT2D eigenvalue weighted by Gasteiger charge is 2.15. The van der Waals surface area contributed by atoms with Crippen LogP contribution >= 0.6 is 0 Å². The summed E-state index contributed by atoms with van der Waals surface area (Å²) in [5, 5.41) is 16.6. The van der Waals surface area contributed by atoms with E-state index in [2.05, 4.69) is 15.6 Å². The molecular formula is C11H12N4O3. The summed E-state index contributed by atoms with van der Waals surface area (Å²) >= 11 is 0. The molecule has 0 saturated heterocycles. The number of nitrogens with one attached hydrogen (secondary N) is 2. The van der Waals surface area contributed by atoms with Crippen LogP contribution in [0.5, 0.6) is 0 Å². The van der Waals surface area contributed by atoms with Gasteiger partial charge in [-0.3, -0.25) is 10.1 Å². The fourth-order valence-electron chi connectivity index (χ4n) is 1.45. The summed E-state index contributed by atoms with van der Waals surface area (Å²) in [6, 6.07) is 4.75. The van der Waals surface area contributed by atoms with Crippen molar-refractivity contribution in [1.82, 2.24) is 4.98 Å². The van der Waals surface area contributed by atoms with E-state index in [1.54, 1.807) is 31.7 Å². The lowest BCUT2D eigenvalue weighted by Crippen LogP contribution is -2.05. The Bertz CT molecular complexity index is 539. The molecule has 2 N–H and O–H groups in total. The van der Waals surface area contributed by atoms with Crippen molar-refractivity contribution in [3.63, 3.8) is 0 Å². The van der Waals surface area contributed by atoms with Crippen molar-refractivity contribution in [3.8, 4) is 0 Å². The monoisotopic (exact) mass is 248 g/mol. The van der Waals surface area contributed by atoms with E-state index in [1.807, 2.05) is 0 Å². The Morgan fingerprint density at radius 3 is 2.89 bits per heavy atom. The van der Waals surface area contributed by atoms with Crippen molar-refractivity contribution in [3.05, 3.63) is 46.4 Å². The van der Waals surface area contributed by atoms with Gasteiger partial charge in [0.15, 0.2) is 0 Å². The molecular weight excluding hydrogens is 236 g/mol. The van der Waals surface area contributed by atoms with Crippen LogP contribution in [0.25, 0.3) is 0 Å². The molecule has 0 atom stereocenters. The summed E-state index contributed by atoms with van der Waals surface area (Å²) in [5.41, 5.74) is 0.832. The quantitative estimate of drug-likeness (QED) is 0.622. The van der Waals surface area contributed by atoms with Gasteiger partial charge in [0.05, 0.1) is 17.4 Å². The molecule has 0 bridgehead atoms. The standard InChI is InChI=1S/C11H12N4O3/c1-12-10-3-2-9(15(16)17)11(14-10)13-6-8-4-5-18-7-8/h2-5,7H,6H2,1H3,(H2,12,13,14). The predicted molar refractivity (Wildman–Crippen MR) is 66.5 cm³/mol. The van der Waals surface area contributed by atoms with E-state index < -0.39 is 4.92 Å². The van der Waals surface area contributed by atoms with Crippen LogP contribution in [0.4, 0.5) is 17.3 Å².